The fraction of sp³-hybridized carbons (Fsp3) is 0.500. The normalized spacial score (nSPS) is 18.6. The van der Waals surface area contributed by atoms with Gasteiger partial charge in [-0.05, 0) is 43.7 Å². The number of amides is 1. The van der Waals surface area contributed by atoms with E-state index < -0.39 is 39.5 Å². The summed E-state index contributed by atoms with van der Waals surface area (Å²) in [4.78, 5) is 43.3. The van der Waals surface area contributed by atoms with Crippen LogP contribution in [-0.2, 0) is 37.2 Å². The molecule has 0 spiro atoms. The van der Waals surface area contributed by atoms with E-state index in [1.54, 1.807) is 18.2 Å². The van der Waals surface area contributed by atoms with Crippen LogP contribution in [0.25, 0.3) is 0 Å². The average molecular weight is 506 g/mol. The lowest BCUT2D eigenvalue weighted by atomic mass is 9.89. The minimum absolute atomic E-state index is 0.0317. The van der Waals surface area contributed by atoms with Crippen LogP contribution in [0.15, 0.2) is 40.6 Å². The highest BCUT2D eigenvalue weighted by Crippen LogP contribution is 2.22. The molecule has 1 amide bonds. The third kappa shape index (κ3) is 7.28. The molecule has 1 aromatic heterocycles. The van der Waals surface area contributed by atoms with Crippen molar-refractivity contribution in [2.45, 2.75) is 63.3 Å². The van der Waals surface area contributed by atoms with E-state index in [0.717, 1.165) is 25.0 Å². The van der Waals surface area contributed by atoms with E-state index >= 15 is 0 Å². The molecule has 1 aliphatic rings. The van der Waals surface area contributed by atoms with Gasteiger partial charge in [0.1, 0.15) is 0 Å². The number of carbonyl (C=O) groups is 3. The molecule has 1 aliphatic heterocycles. The Kier molecular flexibility index (Phi) is 9.10. The molecule has 10 heteroatoms. The highest BCUT2D eigenvalue weighted by Gasteiger charge is 2.33. The summed E-state index contributed by atoms with van der Waals surface area (Å²) in [6.07, 6.45) is 2.59. The number of nitrogens with zero attached hydrogens (tertiary/aromatic N) is 1. The first-order valence-electron chi connectivity index (χ1n) is 11.5. The predicted molar refractivity (Wildman–Crippen MR) is 130 cm³/mol. The molecule has 0 saturated carbocycles. The summed E-state index contributed by atoms with van der Waals surface area (Å²) in [7, 11) is -3.93. The molecule has 2 atom stereocenters. The molecule has 184 valence electrons. The second-order valence-electron chi connectivity index (χ2n) is 9.00. The highest BCUT2D eigenvalue weighted by atomic mass is 32.2. The molecule has 2 unspecified atom stereocenters. The molecule has 34 heavy (non-hydrogen) atoms. The predicted octanol–water partition coefficient (Wildman–Crippen LogP) is 2.68. The van der Waals surface area contributed by atoms with Gasteiger partial charge in [0, 0.05) is 30.7 Å². The van der Waals surface area contributed by atoms with Gasteiger partial charge in [0.25, 0.3) is 5.91 Å². The van der Waals surface area contributed by atoms with Crippen molar-refractivity contribution in [2.75, 3.05) is 6.54 Å². The molecule has 3 rings (SSSR count). The second-order valence-corrected chi connectivity index (χ2v) is 11.7. The lowest BCUT2D eigenvalue weighted by molar-refractivity contribution is -0.141. The van der Waals surface area contributed by atoms with E-state index in [0.29, 0.717) is 11.6 Å². The lowest BCUT2D eigenvalue weighted by Crippen LogP contribution is -2.44. The van der Waals surface area contributed by atoms with Crippen molar-refractivity contribution in [1.82, 2.24) is 15.0 Å². The van der Waals surface area contributed by atoms with E-state index in [1.165, 1.54) is 23.5 Å². The summed E-state index contributed by atoms with van der Waals surface area (Å²) in [5.41, 5.74) is 0.942. The molecular formula is C24H31N3O5S2. The second kappa shape index (κ2) is 11.8. The maximum absolute atomic E-state index is 13.3. The number of rotatable bonds is 8. The van der Waals surface area contributed by atoms with Crippen LogP contribution in [0.3, 0.4) is 0 Å². The number of fused-ring (bicyclic) bond motifs is 2. The fourth-order valence-corrected chi connectivity index (χ4v) is 6.05. The number of carbonyl (C=O) groups excluding carboxylic acids is 3. The Morgan fingerprint density at radius 2 is 1.94 bits per heavy atom. The Morgan fingerprint density at radius 3 is 2.65 bits per heavy atom. The van der Waals surface area contributed by atoms with Gasteiger partial charge in [0.05, 0.1) is 21.6 Å². The van der Waals surface area contributed by atoms with Gasteiger partial charge >= 0.3 is 0 Å². The van der Waals surface area contributed by atoms with Crippen molar-refractivity contribution < 1.29 is 22.8 Å². The van der Waals surface area contributed by atoms with Crippen LogP contribution < -0.4 is 10.0 Å². The number of benzene rings is 1. The van der Waals surface area contributed by atoms with Crippen LogP contribution in [0.5, 0.6) is 0 Å². The molecule has 8 nitrogen and oxygen atoms in total. The molecule has 0 radical (unpaired) electrons. The minimum Gasteiger partial charge on any atom is -0.349 e. The number of ketones is 2. The van der Waals surface area contributed by atoms with Gasteiger partial charge in [-0.1, -0.05) is 32.0 Å². The third-order valence-electron chi connectivity index (χ3n) is 5.65. The van der Waals surface area contributed by atoms with Crippen molar-refractivity contribution in [3.63, 3.8) is 0 Å². The van der Waals surface area contributed by atoms with Crippen LogP contribution in [-0.4, -0.2) is 43.5 Å². The number of hydrogen-bond donors (Lipinski definition) is 2. The fourth-order valence-electron chi connectivity index (χ4n) is 3.89. The van der Waals surface area contributed by atoms with E-state index in [1.807, 2.05) is 19.2 Å². The molecule has 2 heterocycles. The average Bonchev–Trinajstić information content (AvgIpc) is 3.24. The number of hydrogen-bond acceptors (Lipinski definition) is 7. The first-order valence-corrected chi connectivity index (χ1v) is 13.9. The maximum atomic E-state index is 13.3. The van der Waals surface area contributed by atoms with Crippen LogP contribution in [0, 0.1) is 11.8 Å². The molecule has 0 fully saturated rings. The number of sulfonamides is 1. The van der Waals surface area contributed by atoms with Gasteiger partial charge in [0.2, 0.25) is 15.8 Å². The van der Waals surface area contributed by atoms with Gasteiger partial charge in [-0.25, -0.2) is 18.1 Å². The van der Waals surface area contributed by atoms with E-state index in [9.17, 15) is 22.8 Å². The summed E-state index contributed by atoms with van der Waals surface area (Å²) >= 11 is 1.41. The quantitative estimate of drug-likeness (QED) is 0.532. The van der Waals surface area contributed by atoms with Gasteiger partial charge in [-0.2, -0.15) is 0 Å². The van der Waals surface area contributed by atoms with E-state index in [2.05, 4.69) is 15.0 Å². The largest absolute Gasteiger partial charge is 0.349 e. The zero-order valence-corrected chi connectivity index (χ0v) is 21.1. The molecule has 0 saturated heterocycles. The molecule has 0 aliphatic carbocycles. The number of Topliss-reactive ketones (excluding diaryl/α,β-unsaturated/α-hetero) is 2. The van der Waals surface area contributed by atoms with Gasteiger partial charge in [0.15, 0.2) is 5.78 Å². The zero-order chi connectivity index (χ0) is 24.7. The Bertz CT molecular complexity index is 1110. The summed E-state index contributed by atoms with van der Waals surface area (Å²) in [5, 5.41) is 5.29. The highest BCUT2D eigenvalue weighted by molar-refractivity contribution is 7.89. The minimum atomic E-state index is -3.93. The number of nitrogens with one attached hydrogen (secondary N) is 2. The Morgan fingerprint density at radius 1 is 1.21 bits per heavy atom. The van der Waals surface area contributed by atoms with Crippen LogP contribution in [0.4, 0.5) is 0 Å². The third-order valence-corrected chi connectivity index (χ3v) is 8.06. The van der Waals surface area contributed by atoms with Crippen LogP contribution in [0.1, 0.15) is 50.2 Å². The van der Waals surface area contributed by atoms with Gasteiger partial charge in [-0.15, -0.1) is 11.3 Å². The summed E-state index contributed by atoms with van der Waals surface area (Å²) in [6.45, 7) is 4.17. The number of aromatic nitrogens is 1. The van der Waals surface area contributed by atoms with E-state index in [4.69, 9.17) is 0 Å². The van der Waals surface area contributed by atoms with Crippen molar-refractivity contribution in [3.05, 3.63) is 46.4 Å². The standard InChI is InChI=1S/C24H31N3O5S2/c1-16(2)12-20(27-34(31,32)19-9-4-3-5-10-19)21(28)13-17-14-22-26-18(15-33-22)8-6-7-11-25-24(30)23(17)29/h3-5,9-10,15-17,20,27H,6-8,11-14H2,1-2H3,(H,25,30). The lowest BCUT2D eigenvalue weighted by Gasteiger charge is -2.22. The Balaban J connectivity index is 1.82. The molecule has 2 aromatic rings. The Hall–Kier alpha value is -2.43. The molecular weight excluding hydrogens is 474 g/mol. The van der Waals surface area contributed by atoms with Crippen LogP contribution in [0.2, 0.25) is 0 Å². The zero-order valence-electron chi connectivity index (χ0n) is 19.5. The van der Waals surface area contributed by atoms with E-state index in [-0.39, 0.29) is 30.1 Å². The summed E-state index contributed by atoms with van der Waals surface area (Å²) in [5.74, 6) is -2.66. The molecule has 2 N–H and O–H groups in total. The first kappa shape index (κ1) is 26.2. The Labute approximate surface area is 204 Å². The van der Waals surface area contributed by atoms with Crippen molar-refractivity contribution in [1.29, 1.82) is 0 Å². The van der Waals surface area contributed by atoms with Gasteiger partial charge < -0.3 is 5.32 Å². The maximum Gasteiger partial charge on any atom is 0.287 e. The topological polar surface area (TPSA) is 122 Å². The molecule has 2 bridgehead atoms. The van der Waals surface area contributed by atoms with Crippen LogP contribution >= 0.6 is 11.3 Å². The first-order chi connectivity index (χ1) is 16.2. The summed E-state index contributed by atoms with van der Waals surface area (Å²) < 4.78 is 28.3. The van der Waals surface area contributed by atoms with Crippen molar-refractivity contribution in [2.24, 2.45) is 11.8 Å². The monoisotopic (exact) mass is 505 g/mol. The number of thiazole rings is 1. The molecule has 1 aromatic carbocycles. The SMILES string of the molecule is CC(C)CC(NS(=O)(=O)c1ccccc1)C(=O)CC1Cc2nc(cs2)CCCCNC(=O)C1=O. The number of aryl methyl sites for hydroxylation is 1. The van der Waals surface area contributed by atoms with Gasteiger partial charge in [-0.3, -0.25) is 14.4 Å². The summed E-state index contributed by atoms with van der Waals surface area (Å²) in [6, 6.07) is 6.84. The van der Waals surface area contributed by atoms with Crippen molar-refractivity contribution in [3.8, 4) is 0 Å². The smallest absolute Gasteiger partial charge is 0.287 e. The van der Waals surface area contributed by atoms with Crippen molar-refractivity contribution >= 4 is 38.8 Å².